The second-order valence-electron chi connectivity index (χ2n) is 4.59. The van der Waals surface area contributed by atoms with Crippen LogP contribution >= 0.6 is 0 Å². The highest BCUT2D eigenvalue weighted by molar-refractivity contribution is 4.91. The molecular formula is C10H18N2O. The number of aromatic amines is 1. The minimum atomic E-state index is -0.450. The number of aliphatic hydroxyl groups excluding tert-OH is 1. The van der Waals surface area contributed by atoms with E-state index in [9.17, 15) is 5.11 Å². The Morgan fingerprint density at radius 1 is 1.54 bits per heavy atom. The first kappa shape index (κ1) is 10.3. The molecule has 0 aliphatic carbocycles. The van der Waals surface area contributed by atoms with Crippen molar-refractivity contribution in [2.24, 2.45) is 5.41 Å². The Morgan fingerprint density at radius 2 is 2.23 bits per heavy atom. The van der Waals surface area contributed by atoms with Gasteiger partial charge in [0.1, 0.15) is 11.9 Å². The van der Waals surface area contributed by atoms with Gasteiger partial charge in [-0.1, -0.05) is 20.8 Å². The summed E-state index contributed by atoms with van der Waals surface area (Å²) in [7, 11) is 0. The number of imidazole rings is 1. The summed E-state index contributed by atoms with van der Waals surface area (Å²) in [6.07, 6.45) is 4.70. The first-order valence-electron chi connectivity index (χ1n) is 4.66. The highest BCUT2D eigenvalue weighted by atomic mass is 16.3. The molecular weight excluding hydrogens is 164 g/mol. The number of aromatic nitrogens is 2. The van der Waals surface area contributed by atoms with Gasteiger partial charge in [0.25, 0.3) is 0 Å². The fourth-order valence-corrected chi connectivity index (χ4v) is 1.17. The monoisotopic (exact) mass is 182 g/mol. The molecule has 1 aromatic rings. The predicted molar refractivity (Wildman–Crippen MR) is 52.2 cm³/mol. The zero-order valence-electron chi connectivity index (χ0n) is 8.54. The maximum atomic E-state index is 9.68. The quantitative estimate of drug-likeness (QED) is 0.753. The van der Waals surface area contributed by atoms with Gasteiger partial charge in [-0.25, -0.2) is 4.98 Å². The Kier molecular flexibility index (Phi) is 3.09. The van der Waals surface area contributed by atoms with E-state index in [1.54, 1.807) is 12.4 Å². The summed E-state index contributed by atoms with van der Waals surface area (Å²) in [5.74, 6) is 0.671. The topological polar surface area (TPSA) is 48.9 Å². The van der Waals surface area contributed by atoms with E-state index in [0.29, 0.717) is 5.82 Å². The molecule has 0 fully saturated rings. The third-order valence-corrected chi connectivity index (χ3v) is 2.00. The lowest BCUT2D eigenvalue weighted by Gasteiger charge is -2.19. The molecule has 0 saturated heterocycles. The van der Waals surface area contributed by atoms with Crippen molar-refractivity contribution in [2.75, 3.05) is 0 Å². The van der Waals surface area contributed by atoms with Crippen molar-refractivity contribution in [3.05, 3.63) is 18.2 Å². The van der Waals surface area contributed by atoms with Gasteiger partial charge in [0.05, 0.1) is 0 Å². The lowest BCUT2D eigenvalue weighted by molar-refractivity contribution is 0.140. The van der Waals surface area contributed by atoms with Crippen molar-refractivity contribution in [3.8, 4) is 0 Å². The summed E-state index contributed by atoms with van der Waals surface area (Å²) >= 11 is 0. The smallest absolute Gasteiger partial charge is 0.134 e. The van der Waals surface area contributed by atoms with Gasteiger partial charge in [0.15, 0.2) is 0 Å². The zero-order valence-corrected chi connectivity index (χ0v) is 8.54. The number of hydrogen-bond donors (Lipinski definition) is 2. The molecule has 0 aromatic carbocycles. The van der Waals surface area contributed by atoms with Crippen LogP contribution in [0, 0.1) is 5.41 Å². The van der Waals surface area contributed by atoms with Crippen molar-refractivity contribution in [1.82, 2.24) is 9.97 Å². The van der Waals surface area contributed by atoms with E-state index in [4.69, 9.17) is 0 Å². The van der Waals surface area contributed by atoms with Crippen LogP contribution in [-0.4, -0.2) is 15.1 Å². The molecule has 1 unspecified atom stereocenters. The minimum absolute atomic E-state index is 0.271. The van der Waals surface area contributed by atoms with Gasteiger partial charge in [-0.3, -0.25) is 0 Å². The van der Waals surface area contributed by atoms with Gasteiger partial charge in [-0.15, -0.1) is 0 Å². The molecule has 0 radical (unpaired) electrons. The standard InChI is InChI=1S/C10H18N2O/c1-10(2,3)5-4-8(13)9-11-6-7-12-9/h6-8,13H,4-5H2,1-3H3,(H,11,12). The summed E-state index contributed by atoms with van der Waals surface area (Å²) in [5, 5.41) is 9.68. The molecule has 1 atom stereocenters. The van der Waals surface area contributed by atoms with Gasteiger partial charge >= 0.3 is 0 Å². The zero-order chi connectivity index (χ0) is 9.90. The van der Waals surface area contributed by atoms with Crippen molar-refractivity contribution < 1.29 is 5.11 Å². The normalized spacial score (nSPS) is 14.5. The Balaban J connectivity index is 2.39. The average Bonchev–Trinajstić information content (AvgIpc) is 2.50. The molecule has 0 amide bonds. The molecule has 3 heteroatoms. The fourth-order valence-electron chi connectivity index (χ4n) is 1.17. The molecule has 0 bridgehead atoms. The van der Waals surface area contributed by atoms with Crippen molar-refractivity contribution >= 4 is 0 Å². The maximum Gasteiger partial charge on any atom is 0.134 e. The highest BCUT2D eigenvalue weighted by Crippen LogP contribution is 2.25. The first-order chi connectivity index (χ1) is 5.99. The van der Waals surface area contributed by atoms with Crippen LogP contribution in [0.5, 0.6) is 0 Å². The number of hydrogen-bond acceptors (Lipinski definition) is 2. The summed E-state index contributed by atoms with van der Waals surface area (Å²) in [4.78, 5) is 6.92. The fraction of sp³-hybridized carbons (Fsp3) is 0.700. The second kappa shape index (κ2) is 3.92. The molecule has 0 aliphatic rings. The van der Waals surface area contributed by atoms with E-state index in [1.807, 2.05) is 0 Å². The van der Waals surface area contributed by atoms with Crippen molar-refractivity contribution in [2.45, 2.75) is 39.7 Å². The lowest BCUT2D eigenvalue weighted by Crippen LogP contribution is -2.08. The summed E-state index contributed by atoms with van der Waals surface area (Å²) in [5.41, 5.74) is 0.271. The van der Waals surface area contributed by atoms with Crippen LogP contribution in [0.3, 0.4) is 0 Å². The summed E-state index contributed by atoms with van der Waals surface area (Å²) in [6.45, 7) is 6.51. The molecule has 0 aliphatic heterocycles. The van der Waals surface area contributed by atoms with Crippen LogP contribution < -0.4 is 0 Å². The van der Waals surface area contributed by atoms with E-state index in [1.165, 1.54) is 0 Å². The molecule has 1 heterocycles. The van der Waals surface area contributed by atoms with E-state index < -0.39 is 6.10 Å². The lowest BCUT2D eigenvalue weighted by atomic mass is 9.89. The molecule has 3 nitrogen and oxygen atoms in total. The van der Waals surface area contributed by atoms with E-state index in [-0.39, 0.29) is 5.41 Å². The number of H-pyrrole nitrogens is 1. The Labute approximate surface area is 79.2 Å². The van der Waals surface area contributed by atoms with E-state index in [2.05, 4.69) is 30.7 Å². The third kappa shape index (κ3) is 3.59. The van der Waals surface area contributed by atoms with Crippen molar-refractivity contribution in [3.63, 3.8) is 0 Å². The van der Waals surface area contributed by atoms with Crippen LogP contribution in [0.25, 0.3) is 0 Å². The van der Waals surface area contributed by atoms with Gasteiger partial charge in [-0.05, 0) is 18.3 Å². The number of rotatable bonds is 3. The molecule has 0 spiro atoms. The molecule has 13 heavy (non-hydrogen) atoms. The highest BCUT2D eigenvalue weighted by Gasteiger charge is 2.15. The second-order valence-corrected chi connectivity index (χ2v) is 4.59. The average molecular weight is 182 g/mol. The number of aliphatic hydroxyl groups is 1. The summed E-state index contributed by atoms with van der Waals surface area (Å²) < 4.78 is 0. The molecule has 1 rings (SSSR count). The predicted octanol–water partition coefficient (Wildman–Crippen LogP) is 2.27. The van der Waals surface area contributed by atoms with Gasteiger partial charge in [0.2, 0.25) is 0 Å². The number of nitrogens with zero attached hydrogens (tertiary/aromatic N) is 1. The van der Waals surface area contributed by atoms with Crippen LogP contribution in [0.4, 0.5) is 0 Å². The minimum Gasteiger partial charge on any atom is -0.385 e. The van der Waals surface area contributed by atoms with Crippen LogP contribution in [0.1, 0.15) is 45.5 Å². The van der Waals surface area contributed by atoms with Gasteiger partial charge < -0.3 is 10.1 Å². The summed E-state index contributed by atoms with van der Waals surface area (Å²) in [6, 6.07) is 0. The third-order valence-electron chi connectivity index (χ3n) is 2.00. The Hall–Kier alpha value is -0.830. The van der Waals surface area contributed by atoms with E-state index in [0.717, 1.165) is 12.8 Å². The largest absolute Gasteiger partial charge is 0.385 e. The van der Waals surface area contributed by atoms with Gasteiger partial charge in [0, 0.05) is 12.4 Å². The molecule has 1 aromatic heterocycles. The number of nitrogens with one attached hydrogen (secondary N) is 1. The molecule has 0 saturated carbocycles. The SMILES string of the molecule is CC(C)(C)CCC(O)c1ncc[nH]1. The van der Waals surface area contributed by atoms with Crippen molar-refractivity contribution in [1.29, 1.82) is 0 Å². The van der Waals surface area contributed by atoms with E-state index >= 15 is 0 Å². The molecule has 74 valence electrons. The Bertz CT molecular complexity index is 236. The van der Waals surface area contributed by atoms with Crippen LogP contribution in [-0.2, 0) is 0 Å². The van der Waals surface area contributed by atoms with Crippen LogP contribution in [0.2, 0.25) is 0 Å². The van der Waals surface area contributed by atoms with Crippen LogP contribution in [0.15, 0.2) is 12.4 Å². The first-order valence-corrected chi connectivity index (χ1v) is 4.66. The van der Waals surface area contributed by atoms with Gasteiger partial charge in [-0.2, -0.15) is 0 Å². The Morgan fingerprint density at radius 3 is 2.69 bits per heavy atom. The maximum absolute atomic E-state index is 9.68. The molecule has 2 N–H and O–H groups in total.